The summed E-state index contributed by atoms with van der Waals surface area (Å²) in [6, 6.07) is 129. The fourth-order valence-electron chi connectivity index (χ4n) is 20.0. The van der Waals surface area contributed by atoms with Crippen LogP contribution in [0.2, 0.25) is 0 Å². The third-order valence-electron chi connectivity index (χ3n) is 25.7. The number of hydrogen-bond acceptors (Lipinski definition) is 2. The molecule has 4 heterocycles. The van der Waals surface area contributed by atoms with Gasteiger partial charge in [0.05, 0.1) is 44.3 Å². The predicted octanol–water partition coefficient (Wildman–Crippen LogP) is 27.8. The molecule has 112 heavy (non-hydrogen) atoms. The van der Waals surface area contributed by atoms with Crippen molar-refractivity contribution in [3.8, 4) is 118 Å². The fourth-order valence-corrected chi connectivity index (χ4v) is 20.0. The molecule has 4 aromatic heterocycles. The Kier molecular flexibility index (Phi) is 13.6. The van der Waals surface area contributed by atoms with Gasteiger partial charge in [0.2, 0.25) is 0 Å². The Balaban J connectivity index is 0.661. The second-order valence-corrected chi connectivity index (χ2v) is 32.8. The van der Waals surface area contributed by atoms with Crippen LogP contribution < -0.4 is 0 Å². The van der Waals surface area contributed by atoms with Crippen LogP contribution in [0.15, 0.2) is 346 Å². The molecule has 3 aliphatic carbocycles. The Morgan fingerprint density at radius 2 is 0.518 bits per heavy atom. The summed E-state index contributed by atoms with van der Waals surface area (Å²) in [6.07, 6.45) is 0. The van der Waals surface area contributed by atoms with Crippen molar-refractivity contribution < 1.29 is 0 Å². The third kappa shape index (κ3) is 9.37. The number of aromatic nitrogens is 5. The predicted molar refractivity (Wildman–Crippen MR) is 468 cm³/mol. The van der Waals surface area contributed by atoms with E-state index in [0.29, 0.717) is 5.82 Å². The molecule has 0 saturated carbocycles. The minimum Gasteiger partial charge on any atom is -0.309 e. The van der Waals surface area contributed by atoms with E-state index in [-0.39, 0.29) is 16.2 Å². The number of benzene rings is 16. The Hall–Kier alpha value is -13.7. The number of hydrogen-bond donors (Lipinski definition) is 0. The first-order chi connectivity index (χ1) is 54.8. The molecule has 23 rings (SSSR count). The molecule has 0 fully saturated rings. The zero-order valence-electron chi connectivity index (χ0n) is 63.1. The zero-order valence-corrected chi connectivity index (χ0v) is 63.1. The van der Waals surface area contributed by atoms with Crippen LogP contribution in [0.25, 0.3) is 194 Å². The highest BCUT2D eigenvalue weighted by atomic mass is 15.0. The lowest BCUT2D eigenvalue weighted by Crippen LogP contribution is -2.14. The summed E-state index contributed by atoms with van der Waals surface area (Å²) in [5, 5.41) is 8.25. The molecule has 0 aliphatic heterocycles. The molecule has 0 unspecified atom stereocenters. The molecule has 16 aromatic carbocycles. The lowest BCUT2D eigenvalue weighted by Gasteiger charge is -2.22. The summed E-state index contributed by atoms with van der Waals surface area (Å²) in [5.74, 6) is 0.652. The molecular weight excluding hydrogens is 1360 g/mol. The molecule has 0 N–H and O–H groups in total. The molecule has 0 spiro atoms. The fraction of sp³-hybridized carbons (Fsp3) is 0.0841. The molecule has 0 amide bonds. The summed E-state index contributed by atoms with van der Waals surface area (Å²) in [6.45, 7) is 14.2. The zero-order chi connectivity index (χ0) is 74.6. The van der Waals surface area contributed by atoms with E-state index >= 15 is 0 Å². The maximum atomic E-state index is 5.78. The van der Waals surface area contributed by atoms with Crippen LogP contribution in [0.4, 0.5) is 0 Å². The topological polar surface area (TPSA) is 40.6 Å². The first-order valence-corrected chi connectivity index (χ1v) is 39.3. The standard InChI is InChI=1S/C107H75N5/c1-105(2)90-31-13-7-25-77(90)80-48-39-67(58-93(80)105)70-42-51-86-83-28-10-16-34-97(83)110(100(86)61-70)74-46-37-64(38-47-74)103-89-57-66(65-21-19-23-75(55-65)111-98-35-17-11-29-84(98)87-52-43-71(62-101(87)111)68-40-49-81-78-26-8-14-32-91(78)106(3,4)94(81)59-68)45-54-96(89)108-104(109-103)73-22-20-24-76(56-73)112-99-36-18-12-30-85(99)88-53-44-72(63-102(88)112)69-41-50-82-79-27-9-15-33-92(79)107(5,6)95(82)60-69/h7-63H,1-6H3. The van der Waals surface area contributed by atoms with Gasteiger partial charge >= 0.3 is 0 Å². The molecule has 0 bridgehead atoms. The molecule has 5 nitrogen and oxygen atoms in total. The average Bonchev–Trinajstić information content (AvgIpc) is 1.59. The van der Waals surface area contributed by atoms with Gasteiger partial charge in [0.1, 0.15) is 0 Å². The molecule has 3 aliphatic rings. The van der Waals surface area contributed by atoms with Crippen molar-refractivity contribution >= 4 is 76.3 Å². The monoisotopic (exact) mass is 1430 g/mol. The first kappa shape index (κ1) is 64.3. The second kappa shape index (κ2) is 23.6. The Bertz CT molecular complexity index is 7470. The van der Waals surface area contributed by atoms with Crippen LogP contribution >= 0.6 is 0 Å². The molecule has 0 saturated heterocycles. The van der Waals surface area contributed by atoms with Gasteiger partial charge in [0, 0.05) is 82.1 Å². The quantitative estimate of drug-likeness (QED) is 0.144. The lowest BCUT2D eigenvalue weighted by atomic mass is 9.81. The van der Waals surface area contributed by atoms with E-state index < -0.39 is 0 Å². The van der Waals surface area contributed by atoms with Crippen molar-refractivity contribution in [2.45, 2.75) is 57.8 Å². The summed E-state index contributed by atoms with van der Waals surface area (Å²) >= 11 is 0. The van der Waals surface area contributed by atoms with E-state index in [9.17, 15) is 0 Å². The lowest BCUT2D eigenvalue weighted by molar-refractivity contribution is 0.660. The number of rotatable bonds is 9. The second-order valence-electron chi connectivity index (χ2n) is 32.8. The maximum Gasteiger partial charge on any atom is 0.160 e. The SMILES string of the molecule is CC1(C)c2ccccc2-c2ccc(-c3ccc4c5ccccc5n(-c5ccc(-c6nc(-c7cccc(-n8c9ccccc9c9ccc(-c%10ccc%11c(c%10)C(C)(C)c%10ccccc%10-%11)cc98)c7)nc7ccc(-c8cccc(-n9c%10ccccc%10c%10ccc(-c%11ccc%12c(c%11)C(C)(C)c%11ccccc%11-%12)cc%109)c8)cc67)cc5)c4c3)cc21. The van der Waals surface area contributed by atoms with Crippen molar-refractivity contribution in [1.29, 1.82) is 0 Å². The van der Waals surface area contributed by atoms with Gasteiger partial charge in [-0.3, -0.25) is 0 Å². The van der Waals surface area contributed by atoms with Crippen molar-refractivity contribution in [1.82, 2.24) is 23.7 Å². The van der Waals surface area contributed by atoms with Gasteiger partial charge < -0.3 is 13.7 Å². The van der Waals surface area contributed by atoms with Crippen LogP contribution in [0.1, 0.15) is 74.9 Å². The molecule has 528 valence electrons. The van der Waals surface area contributed by atoms with Gasteiger partial charge in [-0.25, -0.2) is 9.97 Å². The van der Waals surface area contributed by atoms with Crippen molar-refractivity contribution in [2.24, 2.45) is 0 Å². The third-order valence-corrected chi connectivity index (χ3v) is 25.7. The highest BCUT2D eigenvalue weighted by Gasteiger charge is 2.38. The minimum absolute atomic E-state index is 0.105. The van der Waals surface area contributed by atoms with E-state index in [0.717, 1.165) is 89.0 Å². The summed E-state index contributed by atoms with van der Waals surface area (Å²) in [5.41, 5.74) is 39.0. The van der Waals surface area contributed by atoms with Crippen LogP contribution in [-0.2, 0) is 16.2 Å². The number of para-hydroxylation sites is 3. The smallest absolute Gasteiger partial charge is 0.160 e. The molecule has 0 atom stereocenters. The van der Waals surface area contributed by atoms with E-state index in [1.165, 1.54) is 132 Å². The molecule has 20 aromatic rings. The van der Waals surface area contributed by atoms with Gasteiger partial charge in [-0.05, 0) is 214 Å². The average molecular weight is 1430 g/mol. The van der Waals surface area contributed by atoms with Crippen molar-refractivity contribution in [3.63, 3.8) is 0 Å². The maximum absolute atomic E-state index is 5.78. The molecular formula is C107H75N5. The van der Waals surface area contributed by atoms with Gasteiger partial charge in [0.15, 0.2) is 5.82 Å². The number of fused-ring (bicyclic) bond motifs is 19. The van der Waals surface area contributed by atoms with Gasteiger partial charge in [-0.1, -0.05) is 284 Å². The molecule has 5 heteroatoms. The van der Waals surface area contributed by atoms with E-state index in [4.69, 9.17) is 9.97 Å². The van der Waals surface area contributed by atoms with Gasteiger partial charge in [-0.2, -0.15) is 0 Å². The highest BCUT2D eigenvalue weighted by molar-refractivity contribution is 6.13. The van der Waals surface area contributed by atoms with E-state index in [1.807, 2.05) is 0 Å². The Morgan fingerprint density at radius 3 is 0.964 bits per heavy atom. The first-order valence-electron chi connectivity index (χ1n) is 39.3. The van der Waals surface area contributed by atoms with Crippen molar-refractivity contribution in [3.05, 3.63) is 379 Å². The van der Waals surface area contributed by atoms with Crippen LogP contribution in [0, 0.1) is 0 Å². The summed E-state index contributed by atoms with van der Waals surface area (Å²) in [7, 11) is 0. The van der Waals surface area contributed by atoms with Crippen LogP contribution in [-0.4, -0.2) is 23.7 Å². The van der Waals surface area contributed by atoms with E-state index in [2.05, 4.69) is 401 Å². The van der Waals surface area contributed by atoms with Crippen LogP contribution in [0.3, 0.4) is 0 Å². The van der Waals surface area contributed by atoms with Crippen molar-refractivity contribution in [2.75, 3.05) is 0 Å². The molecule has 0 radical (unpaired) electrons. The largest absolute Gasteiger partial charge is 0.309 e. The van der Waals surface area contributed by atoms with Gasteiger partial charge in [0.25, 0.3) is 0 Å². The normalized spacial score (nSPS) is 14.0. The summed E-state index contributed by atoms with van der Waals surface area (Å²) < 4.78 is 7.33. The van der Waals surface area contributed by atoms with Crippen LogP contribution in [0.5, 0.6) is 0 Å². The minimum atomic E-state index is -0.113. The Morgan fingerprint density at radius 1 is 0.196 bits per heavy atom. The van der Waals surface area contributed by atoms with Gasteiger partial charge in [-0.15, -0.1) is 0 Å². The summed E-state index contributed by atoms with van der Waals surface area (Å²) in [4.78, 5) is 11.4. The number of nitrogens with zero attached hydrogens (tertiary/aromatic N) is 5. The van der Waals surface area contributed by atoms with E-state index in [1.54, 1.807) is 0 Å². The highest BCUT2D eigenvalue weighted by Crippen LogP contribution is 2.54. The Labute approximate surface area is 650 Å².